The minimum absolute atomic E-state index is 0.0336. The summed E-state index contributed by atoms with van der Waals surface area (Å²) in [6.45, 7) is 1.94. The molecule has 10 heteroatoms. The van der Waals surface area contributed by atoms with Crippen molar-refractivity contribution in [2.75, 3.05) is 5.32 Å². The lowest BCUT2D eigenvalue weighted by molar-refractivity contribution is 0.101. The minimum Gasteiger partial charge on any atom is -0.388 e. The van der Waals surface area contributed by atoms with Crippen LogP contribution < -0.4 is 11.1 Å². The standard InChI is InChI=1S/C22H17F2N5O3/c1-3-12-13(6-4-7-14(12)21-28-29(2)22(31)32-21)17-10-26-18(11-25-17)27-20(30)19-15(23)8-5-9-16(19)24/h4-11H,3H2,1-2H3,(H,26,27,30). The van der Waals surface area contributed by atoms with Gasteiger partial charge in [0.15, 0.2) is 5.82 Å². The third-order valence-corrected chi connectivity index (χ3v) is 4.81. The Morgan fingerprint density at radius 3 is 2.34 bits per heavy atom. The van der Waals surface area contributed by atoms with Gasteiger partial charge in [0.2, 0.25) is 5.89 Å². The molecule has 8 nitrogen and oxygen atoms in total. The summed E-state index contributed by atoms with van der Waals surface area (Å²) in [6, 6.07) is 8.56. The van der Waals surface area contributed by atoms with E-state index in [1.807, 2.05) is 13.0 Å². The lowest BCUT2D eigenvalue weighted by atomic mass is 9.97. The summed E-state index contributed by atoms with van der Waals surface area (Å²) in [5.74, 6) is -3.26. The van der Waals surface area contributed by atoms with E-state index in [2.05, 4.69) is 20.4 Å². The highest BCUT2D eigenvalue weighted by Gasteiger charge is 2.19. The van der Waals surface area contributed by atoms with Crippen LogP contribution in [0, 0.1) is 11.6 Å². The summed E-state index contributed by atoms with van der Waals surface area (Å²) in [6.07, 6.45) is 3.32. The first-order chi connectivity index (χ1) is 15.4. The average Bonchev–Trinajstić information content (AvgIpc) is 3.11. The van der Waals surface area contributed by atoms with Gasteiger partial charge in [-0.2, -0.15) is 4.68 Å². The number of nitrogens with zero attached hydrogens (tertiary/aromatic N) is 4. The van der Waals surface area contributed by atoms with Crippen LogP contribution in [-0.4, -0.2) is 25.7 Å². The van der Waals surface area contributed by atoms with E-state index in [4.69, 9.17) is 4.42 Å². The topological polar surface area (TPSA) is 103 Å². The molecule has 2 aromatic heterocycles. The van der Waals surface area contributed by atoms with Gasteiger partial charge < -0.3 is 9.73 Å². The molecular formula is C22H17F2N5O3. The first kappa shape index (κ1) is 21.0. The highest BCUT2D eigenvalue weighted by molar-refractivity contribution is 6.04. The number of halogens is 2. The summed E-state index contributed by atoms with van der Waals surface area (Å²) in [5, 5.41) is 6.44. The first-order valence-electron chi connectivity index (χ1n) is 9.63. The smallest absolute Gasteiger partial charge is 0.388 e. The molecule has 0 saturated carbocycles. The molecule has 0 radical (unpaired) electrons. The molecule has 1 amide bonds. The predicted octanol–water partition coefficient (Wildman–Crippen LogP) is 3.59. The number of rotatable bonds is 5. The molecule has 0 aliphatic carbocycles. The molecule has 0 unspecified atom stereocenters. The van der Waals surface area contributed by atoms with Crippen molar-refractivity contribution in [2.45, 2.75) is 13.3 Å². The minimum atomic E-state index is -0.974. The van der Waals surface area contributed by atoms with Gasteiger partial charge in [0.25, 0.3) is 5.91 Å². The lowest BCUT2D eigenvalue weighted by Gasteiger charge is -2.11. The van der Waals surface area contributed by atoms with Crippen molar-refractivity contribution in [3.8, 4) is 22.7 Å². The van der Waals surface area contributed by atoms with Crippen molar-refractivity contribution >= 4 is 11.7 Å². The van der Waals surface area contributed by atoms with E-state index in [9.17, 15) is 18.4 Å². The zero-order chi connectivity index (χ0) is 22.8. The molecule has 0 atom stereocenters. The number of hydrogen-bond acceptors (Lipinski definition) is 6. The number of carbonyl (C=O) groups excluding carboxylic acids is 1. The zero-order valence-corrected chi connectivity index (χ0v) is 17.1. The molecule has 4 rings (SSSR count). The van der Waals surface area contributed by atoms with E-state index in [1.165, 1.54) is 25.5 Å². The van der Waals surface area contributed by atoms with Crippen LogP contribution in [0.2, 0.25) is 0 Å². The monoisotopic (exact) mass is 437 g/mol. The summed E-state index contributed by atoms with van der Waals surface area (Å²) in [7, 11) is 1.50. The molecule has 1 N–H and O–H groups in total. The van der Waals surface area contributed by atoms with Crippen molar-refractivity contribution in [3.63, 3.8) is 0 Å². The van der Waals surface area contributed by atoms with Gasteiger partial charge in [-0.05, 0) is 30.2 Å². The fraction of sp³-hybridized carbons (Fsp3) is 0.136. The van der Waals surface area contributed by atoms with Gasteiger partial charge in [-0.1, -0.05) is 25.1 Å². The van der Waals surface area contributed by atoms with E-state index in [1.54, 1.807) is 12.1 Å². The maximum Gasteiger partial charge on any atom is 0.437 e. The molecule has 32 heavy (non-hydrogen) atoms. The van der Waals surface area contributed by atoms with Gasteiger partial charge in [0, 0.05) is 18.2 Å². The van der Waals surface area contributed by atoms with Crippen molar-refractivity contribution in [1.29, 1.82) is 0 Å². The molecule has 0 fully saturated rings. The summed E-state index contributed by atoms with van der Waals surface area (Å²) < 4.78 is 33.9. The lowest BCUT2D eigenvalue weighted by Crippen LogP contribution is -2.16. The molecule has 0 saturated heterocycles. The van der Waals surface area contributed by atoms with Crippen LogP contribution in [0.5, 0.6) is 0 Å². The Bertz CT molecular complexity index is 1340. The van der Waals surface area contributed by atoms with Crippen molar-refractivity contribution in [3.05, 3.63) is 82.1 Å². The van der Waals surface area contributed by atoms with E-state index in [0.717, 1.165) is 27.9 Å². The van der Waals surface area contributed by atoms with Gasteiger partial charge in [0.1, 0.15) is 17.2 Å². The molecule has 0 aliphatic rings. The maximum absolute atomic E-state index is 13.8. The van der Waals surface area contributed by atoms with Crippen LogP contribution in [0.3, 0.4) is 0 Å². The van der Waals surface area contributed by atoms with Crippen LogP contribution in [0.25, 0.3) is 22.7 Å². The number of benzene rings is 2. The molecule has 0 spiro atoms. The summed E-state index contributed by atoms with van der Waals surface area (Å²) in [5.41, 5.74) is 2.03. The Kier molecular flexibility index (Phi) is 5.59. The molecule has 4 aromatic rings. The highest BCUT2D eigenvalue weighted by Crippen LogP contribution is 2.30. The fourth-order valence-electron chi connectivity index (χ4n) is 3.29. The largest absolute Gasteiger partial charge is 0.437 e. The quantitative estimate of drug-likeness (QED) is 0.512. The van der Waals surface area contributed by atoms with Crippen LogP contribution in [0.1, 0.15) is 22.8 Å². The summed E-state index contributed by atoms with van der Waals surface area (Å²) >= 11 is 0. The molecule has 0 bridgehead atoms. The Morgan fingerprint density at radius 2 is 1.75 bits per heavy atom. The molecule has 0 aliphatic heterocycles. The Hall–Kier alpha value is -4.21. The fourth-order valence-corrected chi connectivity index (χ4v) is 3.29. The second kappa shape index (κ2) is 8.50. The van der Waals surface area contributed by atoms with Crippen LogP contribution in [-0.2, 0) is 13.5 Å². The molecule has 2 aromatic carbocycles. The van der Waals surface area contributed by atoms with Gasteiger partial charge in [-0.25, -0.2) is 18.6 Å². The number of aryl methyl sites for hydroxylation is 1. The van der Waals surface area contributed by atoms with Crippen molar-refractivity contribution in [1.82, 2.24) is 19.7 Å². The normalized spacial score (nSPS) is 10.9. The van der Waals surface area contributed by atoms with Gasteiger partial charge in [-0.15, -0.1) is 5.10 Å². The number of aromatic nitrogens is 4. The van der Waals surface area contributed by atoms with Crippen LogP contribution in [0.4, 0.5) is 14.6 Å². The van der Waals surface area contributed by atoms with Gasteiger partial charge in [-0.3, -0.25) is 9.78 Å². The second-order valence-electron chi connectivity index (χ2n) is 6.82. The van der Waals surface area contributed by atoms with Gasteiger partial charge >= 0.3 is 5.76 Å². The Labute approximate surface area is 180 Å². The second-order valence-corrected chi connectivity index (χ2v) is 6.82. The third kappa shape index (κ3) is 3.89. The molecule has 2 heterocycles. The number of carbonyl (C=O) groups is 1. The number of hydrogen-bond donors (Lipinski definition) is 1. The maximum atomic E-state index is 13.8. The van der Waals surface area contributed by atoms with Gasteiger partial charge in [0.05, 0.1) is 18.1 Å². The SMILES string of the molecule is CCc1c(-c2cnc(NC(=O)c3c(F)cccc3F)cn2)cccc1-c1nn(C)c(=O)o1. The average molecular weight is 437 g/mol. The molecule has 162 valence electrons. The number of nitrogens with one attached hydrogen (secondary N) is 1. The highest BCUT2D eigenvalue weighted by atomic mass is 19.1. The van der Waals surface area contributed by atoms with Crippen LogP contribution >= 0.6 is 0 Å². The van der Waals surface area contributed by atoms with Crippen molar-refractivity contribution in [2.24, 2.45) is 7.05 Å². The summed E-state index contributed by atoms with van der Waals surface area (Å²) in [4.78, 5) is 32.4. The Morgan fingerprint density at radius 1 is 1.06 bits per heavy atom. The first-order valence-corrected chi connectivity index (χ1v) is 9.63. The third-order valence-electron chi connectivity index (χ3n) is 4.81. The predicted molar refractivity (Wildman–Crippen MR) is 112 cm³/mol. The Balaban J connectivity index is 1.64. The van der Waals surface area contributed by atoms with Crippen molar-refractivity contribution < 1.29 is 18.0 Å². The number of anilines is 1. The van der Waals surface area contributed by atoms with E-state index in [-0.39, 0.29) is 11.7 Å². The van der Waals surface area contributed by atoms with Crippen LogP contribution in [0.15, 0.2) is 58.0 Å². The molecular weight excluding hydrogens is 420 g/mol. The number of amides is 1. The van der Waals surface area contributed by atoms with E-state index >= 15 is 0 Å². The van der Waals surface area contributed by atoms with E-state index in [0.29, 0.717) is 17.7 Å². The van der Waals surface area contributed by atoms with E-state index < -0.39 is 28.9 Å². The zero-order valence-electron chi connectivity index (χ0n) is 17.1.